The lowest BCUT2D eigenvalue weighted by atomic mass is 10.2. The second-order valence-corrected chi connectivity index (χ2v) is 7.83. The maximum absolute atomic E-state index is 13.0. The summed E-state index contributed by atoms with van der Waals surface area (Å²) < 4.78 is 38.3. The molecule has 0 fully saturated rings. The average Bonchev–Trinajstić information content (AvgIpc) is 2.63. The molecule has 2 aromatic carbocycles. The van der Waals surface area contributed by atoms with Crippen LogP contribution in [0.15, 0.2) is 47.4 Å². The highest BCUT2D eigenvalue weighted by Crippen LogP contribution is 2.26. The number of methoxy groups -OCH3 is 2. The minimum Gasteiger partial charge on any atom is -0.465 e. The predicted octanol–water partition coefficient (Wildman–Crippen LogP) is 3.03. The first-order valence-electron chi connectivity index (χ1n) is 8.34. The zero-order chi connectivity index (χ0) is 20.0. The quantitative estimate of drug-likeness (QED) is 0.671. The van der Waals surface area contributed by atoms with E-state index in [0.29, 0.717) is 18.0 Å². The van der Waals surface area contributed by atoms with Gasteiger partial charge in [-0.05, 0) is 44.2 Å². The summed E-state index contributed by atoms with van der Waals surface area (Å²) in [6.07, 6.45) is 0. The minimum atomic E-state index is -3.94. The van der Waals surface area contributed by atoms with E-state index in [1.54, 1.807) is 25.3 Å². The number of carbonyl (C=O) groups excluding carboxylic acids is 1. The molecule has 0 aromatic heterocycles. The Balaban J connectivity index is 2.45. The van der Waals surface area contributed by atoms with Gasteiger partial charge < -0.3 is 14.8 Å². The third-order valence-corrected chi connectivity index (χ3v) is 5.24. The van der Waals surface area contributed by atoms with E-state index in [0.717, 1.165) is 5.56 Å². The van der Waals surface area contributed by atoms with Crippen molar-refractivity contribution in [3.8, 4) is 0 Å². The van der Waals surface area contributed by atoms with E-state index in [1.807, 2.05) is 26.0 Å². The Kier molecular flexibility index (Phi) is 6.81. The molecule has 0 aliphatic rings. The van der Waals surface area contributed by atoms with Crippen molar-refractivity contribution in [1.29, 1.82) is 0 Å². The van der Waals surface area contributed by atoms with Crippen LogP contribution in [-0.4, -0.2) is 41.3 Å². The molecule has 0 radical (unpaired) electrons. The van der Waals surface area contributed by atoms with Gasteiger partial charge in [0.05, 0.1) is 25.0 Å². The van der Waals surface area contributed by atoms with Gasteiger partial charge in [-0.15, -0.1) is 0 Å². The Bertz CT molecular complexity index is 895. The van der Waals surface area contributed by atoms with E-state index in [9.17, 15) is 13.2 Å². The lowest BCUT2D eigenvalue weighted by Crippen LogP contribution is -2.23. The summed E-state index contributed by atoms with van der Waals surface area (Å²) >= 11 is 0. The minimum absolute atomic E-state index is 0.0473. The molecule has 27 heavy (non-hydrogen) atoms. The van der Waals surface area contributed by atoms with Gasteiger partial charge in [0.15, 0.2) is 0 Å². The van der Waals surface area contributed by atoms with Crippen molar-refractivity contribution in [1.82, 2.24) is 0 Å². The van der Waals surface area contributed by atoms with E-state index in [4.69, 9.17) is 9.47 Å². The largest absolute Gasteiger partial charge is 0.465 e. The first-order chi connectivity index (χ1) is 12.8. The molecule has 0 heterocycles. The number of esters is 1. The highest BCUT2D eigenvalue weighted by atomic mass is 32.2. The molecule has 0 aliphatic carbocycles. The van der Waals surface area contributed by atoms with Crippen LogP contribution in [0, 0.1) is 6.92 Å². The van der Waals surface area contributed by atoms with E-state index < -0.39 is 16.0 Å². The summed E-state index contributed by atoms with van der Waals surface area (Å²) in [4.78, 5) is 11.8. The molecule has 0 spiro atoms. The molecular formula is C19H24N2O5S. The number of sulfonamides is 1. The zero-order valence-electron chi connectivity index (χ0n) is 15.8. The fourth-order valence-electron chi connectivity index (χ4n) is 2.50. The van der Waals surface area contributed by atoms with Crippen LogP contribution < -0.4 is 10.0 Å². The van der Waals surface area contributed by atoms with Crippen molar-refractivity contribution < 1.29 is 22.7 Å². The van der Waals surface area contributed by atoms with Crippen LogP contribution in [0.3, 0.4) is 0 Å². The third-order valence-electron chi connectivity index (χ3n) is 3.81. The van der Waals surface area contributed by atoms with Crippen LogP contribution >= 0.6 is 0 Å². The van der Waals surface area contributed by atoms with Gasteiger partial charge in [-0.25, -0.2) is 13.2 Å². The van der Waals surface area contributed by atoms with Crippen LogP contribution in [0.1, 0.15) is 22.8 Å². The van der Waals surface area contributed by atoms with E-state index >= 15 is 0 Å². The smallest absolute Gasteiger partial charge is 0.337 e. The van der Waals surface area contributed by atoms with Gasteiger partial charge in [-0.1, -0.05) is 17.7 Å². The van der Waals surface area contributed by atoms with Crippen molar-refractivity contribution >= 4 is 27.4 Å². The first kappa shape index (κ1) is 20.7. The Morgan fingerprint density at radius 3 is 2.37 bits per heavy atom. The van der Waals surface area contributed by atoms with Crippen LogP contribution in [-0.2, 0) is 19.5 Å². The van der Waals surface area contributed by atoms with E-state index in [1.165, 1.54) is 19.2 Å². The van der Waals surface area contributed by atoms with E-state index in [-0.39, 0.29) is 16.5 Å². The number of ether oxygens (including phenoxy) is 2. The molecule has 1 unspecified atom stereocenters. The molecule has 146 valence electrons. The number of hydrogen-bond acceptors (Lipinski definition) is 6. The predicted molar refractivity (Wildman–Crippen MR) is 105 cm³/mol. The Morgan fingerprint density at radius 2 is 1.78 bits per heavy atom. The molecule has 0 aliphatic heterocycles. The normalized spacial score (nSPS) is 12.3. The Morgan fingerprint density at radius 1 is 1.11 bits per heavy atom. The van der Waals surface area contributed by atoms with Crippen LogP contribution in [0.2, 0.25) is 0 Å². The number of nitrogens with one attached hydrogen (secondary N) is 2. The number of benzene rings is 2. The second-order valence-electron chi connectivity index (χ2n) is 6.17. The average molecular weight is 392 g/mol. The standard InChI is InChI=1S/C19H24N2O5S/c1-13-5-8-16(9-6-13)21-27(23,24)18-11-15(19(22)26-4)7-10-17(18)20-14(2)12-25-3/h5-11,14,20-21H,12H2,1-4H3. The molecule has 2 N–H and O–H groups in total. The summed E-state index contributed by atoms with van der Waals surface area (Å²) in [5.74, 6) is -0.613. The fraction of sp³-hybridized carbons (Fsp3) is 0.316. The third kappa shape index (κ3) is 5.45. The number of carbonyl (C=O) groups is 1. The molecule has 1 atom stereocenters. The maximum Gasteiger partial charge on any atom is 0.337 e. The Hall–Kier alpha value is -2.58. The van der Waals surface area contributed by atoms with Crippen molar-refractivity contribution in [3.63, 3.8) is 0 Å². The van der Waals surface area contributed by atoms with Gasteiger partial charge >= 0.3 is 5.97 Å². The highest BCUT2D eigenvalue weighted by Gasteiger charge is 2.22. The van der Waals surface area contributed by atoms with Gasteiger partial charge in [-0.3, -0.25) is 4.72 Å². The zero-order valence-corrected chi connectivity index (χ0v) is 16.6. The molecule has 0 saturated carbocycles. The molecular weight excluding hydrogens is 368 g/mol. The molecule has 0 bridgehead atoms. The van der Waals surface area contributed by atoms with E-state index in [2.05, 4.69) is 10.0 Å². The van der Waals surface area contributed by atoms with Crippen LogP contribution in [0.25, 0.3) is 0 Å². The lowest BCUT2D eigenvalue weighted by Gasteiger charge is -2.19. The maximum atomic E-state index is 13.0. The number of hydrogen-bond donors (Lipinski definition) is 2. The van der Waals surface area contributed by atoms with Gasteiger partial charge in [-0.2, -0.15) is 0 Å². The molecule has 0 saturated heterocycles. The Labute approximate surface area is 159 Å². The van der Waals surface area contributed by atoms with Crippen molar-refractivity contribution in [2.24, 2.45) is 0 Å². The topological polar surface area (TPSA) is 93.7 Å². The molecule has 0 amide bonds. The molecule has 2 rings (SSSR count). The summed E-state index contributed by atoms with van der Waals surface area (Å²) in [7, 11) is -1.13. The SMILES string of the molecule is COCC(C)Nc1ccc(C(=O)OC)cc1S(=O)(=O)Nc1ccc(C)cc1. The monoisotopic (exact) mass is 392 g/mol. The van der Waals surface area contributed by atoms with Crippen LogP contribution in [0.5, 0.6) is 0 Å². The summed E-state index contributed by atoms with van der Waals surface area (Å²) in [5.41, 5.74) is 1.96. The van der Waals surface area contributed by atoms with Gasteiger partial charge in [0, 0.05) is 18.8 Å². The molecule has 2 aromatic rings. The van der Waals surface area contributed by atoms with Crippen molar-refractivity contribution in [2.45, 2.75) is 24.8 Å². The van der Waals surface area contributed by atoms with Crippen molar-refractivity contribution in [3.05, 3.63) is 53.6 Å². The first-order valence-corrected chi connectivity index (χ1v) is 9.82. The second kappa shape index (κ2) is 8.88. The van der Waals surface area contributed by atoms with Crippen molar-refractivity contribution in [2.75, 3.05) is 30.9 Å². The summed E-state index contributed by atoms with van der Waals surface area (Å²) in [5, 5.41) is 3.10. The fourth-order valence-corrected chi connectivity index (χ4v) is 3.75. The molecule has 8 heteroatoms. The van der Waals surface area contributed by atoms with Crippen LogP contribution in [0.4, 0.5) is 11.4 Å². The molecule has 7 nitrogen and oxygen atoms in total. The highest BCUT2D eigenvalue weighted by molar-refractivity contribution is 7.92. The van der Waals surface area contributed by atoms with Gasteiger partial charge in [0.25, 0.3) is 10.0 Å². The summed E-state index contributed by atoms with van der Waals surface area (Å²) in [6.45, 7) is 4.17. The van der Waals surface area contributed by atoms with Gasteiger partial charge in [0.1, 0.15) is 4.90 Å². The van der Waals surface area contributed by atoms with Gasteiger partial charge in [0.2, 0.25) is 0 Å². The number of anilines is 2. The number of aryl methyl sites for hydroxylation is 1. The lowest BCUT2D eigenvalue weighted by molar-refractivity contribution is 0.0600. The summed E-state index contributed by atoms with van der Waals surface area (Å²) in [6, 6.07) is 11.2. The number of rotatable bonds is 8.